The van der Waals surface area contributed by atoms with Crippen molar-refractivity contribution in [1.29, 1.82) is 0 Å². The first kappa shape index (κ1) is 12.9. The van der Waals surface area contributed by atoms with Gasteiger partial charge in [-0.15, -0.1) is 11.3 Å². The van der Waals surface area contributed by atoms with Crippen LogP contribution in [0.15, 0.2) is 12.1 Å². The second kappa shape index (κ2) is 5.12. The SMILES string of the molecule is CC1CCCC2(CNCC(c3ccc(Cl)s3)O2)C1. The van der Waals surface area contributed by atoms with E-state index < -0.39 is 0 Å². The molecule has 1 N–H and O–H groups in total. The van der Waals surface area contributed by atoms with Crippen LogP contribution in [0.4, 0.5) is 0 Å². The highest BCUT2D eigenvalue weighted by Crippen LogP contribution is 2.41. The summed E-state index contributed by atoms with van der Waals surface area (Å²) in [4.78, 5) is 1.25. The number of thiophene rings is 1. The summed E-state index contributed by atoms with van der Waals surface area (Å²) in [6.45, 7) is 4.26. The summed E-state index contributed by atoms with van der Waals surface area (Å²) in [5, 5.41) is 3.56. The van der Waals surface area contributed by atoms with E-state index in [4.69, 9.17) is 16.3 Å². The Labute approximate surface area is 118 Å². The molecule has 18 heavy (non-hydrogen) atoms. The molecule has 0 aromatic carbocycles. The summed E-state index contributed by atoms with van der Waals surface area (Å²) in [7, 11) is 0. The monoisotopic (exact) mass is 285 g/mol. The lowest BCUT2D eigenvalue weighted by atomic mass is 9.78. The summed E-state index contributed by atoms with van der Waals surface area (Å²) in [6.07, 6.45) is 5.21. The molecule has 3 rings (SSSR count). The van der Waals surface area contributed by atoms with Gasteiger partial charge in [-0.25, -0.2) is 0 Å². The van der Waals surface area contributed by atoms with Crippen molar-refractivity contribution in [1.82, 2.24) is 5.32 Å². The highest BCUT2D eigenvalue weighted by molar-refractivity contribution is 7.16. The number of nitrogens with one attached hydrogen (secondary N) is 1. The lowest BCUT2D eigenvalue weighted by molar-refractivity contribution is -0.142. The molecule has 2 fully saturated rings. The smallest absolute Gasteiger partial charge is 0.105 e. The van der Waals surface area contributed by atoms with Crippen LogP contribution in [-0.2, 0) is 4.74 Å². The first-order valence-corrected chi connectivity index (χ1v) is 8.00. The Hall–Kier alpha value is -0.0900. The molecule has 1 spiro atoms. The Morgan fingerprint density at radius 1 is 1.50 bits per heavy atom. The van der Waals surface area contributed by atoms with E-state index in [1.807, 2.05) is 6.07 Å². The predicted octanol–water partition coefficient (Wildman–Crippen LogP) is 4.01. The van der Waals surface area contributed by atoms with E-state index in [1.54, 1.807) is 11.3 Å². The normalized spacial score (nSPS) is 37.0. The fourth-order valence-electron chi connectivity index (χ4n) is 3.36. The molecule has 0 amide bonds. The minimum atomic E-state index is 0.0665. The van der Waals surface area contributed by atoms with Crippen molar-refractivity contribution < 1.29 is 4.74 Å². The van der Waals surface area contributed by atoms with Gasteiger partial charge >= 0.3 is 0 Å². The lowest BCUT2D eigenvalue weighted by Gasteiger charge is -2.45. The zero-order valence-corrected chi connectivity index (χ0v) is 12.3. The first-order valence-electron chi connectivity index (χ1n) is 6.81. The maximum Gasteiger partial charge on any atom is 0.105 e. The van der Waals surface area contributed by atoms with Crippen molar-refractivity contribution in [2.45, 2.75) is 44.3 Å². The molecule has 1 aliphatic heterocycles. The molecule has 1 aliphatic carbocycles. The predicted molar refractivity (Wildman–Crippen MR) is 76.4 cm³/mol. The third-order valence-corrected chi connectivity index (χ3v) is 5.45. The summed E-state index contributed by atoms with van der Waals surface area (Å²) in [6, 6.07) is 4.07. The van der Waals surface area contributed by atoms with Crippen LogP contribution < -0.4 is 5.32 Å². The maximum absolute atomic E-state index is 6.47. The topological polar surface area (TPSA) is 21.3 Å². The lowest BCUT2D eigenvalue weighted by Crippen LogP contribution is -2.52. The standard InChI is InChI=1S/C14H20ClNOS/c1-10-3-2-6-14(7-10)9-16-8-11(17-14)12-4-5-13(15)18-12/h4-5,10-11,16H,2-3,6-9H2,1H3. The van der Waals surface area contributed by atoms with E-state index in [0.717, 1.165) is 23.3 Å². The number of rotatable bonds is 1. The first-order chi connectivity index (χ1) is 8.67. The van der Waals surface area contributed by atoms with Gasteiger partial charge in [0, 0.05) is 18.0 Å². The largest absolute Gasteiger partial charge is 0.364 e. The van der Waals surface area contributed by atoms with Gasteiger partial charge in [0.15, 0.2) is 0 Å². The number of ether oxygens (including phenoxy) is 1. The van der Waals surface area contributed by atoms with Gasteiger partial charge in [0.1, 0.15) is 6.10 Å². The summed E-state index contributed by atoms with van der Waals surface area (Å²) < 4.78 is 7.33. The molecular weight excluding hydrogens is 266 g/mol. The zero-order chi connectivity index (χ0) is 12.6. The molecule has 2 nitrogen and oxygen atoms in total. The molecule has 1 saturated carbocycles. The van der Waals surface area contributed by atoms with Crippen LogP contribution in [0.25, 0.3) is 0 Å². The Balaban J connectivity index is 1.75. The van der Waals surface area contributed by atoms with Gasteiger partial charge in [-0.05, 0) is 30.9 Å². The van der Waals surface area contributed by atoms with Gasteiger partial charge in [-0.1, -0.05) is 31.4 Å². The highest BCUT2D eigenvalue weighted by atomic mass is 35.5. The van der Waals surface area contributed by atoms with Crippen LogP contribution in [0.5, 0.6) is 0 Å². The molecule has 0 bridgehead atoms. The van der Waals surface area contributed by atoms with Crippen molar-refractivity contribution in [3.8, 4) is 0 Å². The van der Waals surface area contributed by atoms with Crippen LogP contribution in [0.3, 0.4) is 0 Å². The number of morpholine rings is 1. The van der Waals surface area contributed by atoms with Crippen molar-refractivity contribution in [2.75, 3.05) is 13.1 Å². The van der Waals surface area contributed by atoms with E-state index in [1.165, 1.54) is 30.6 Å². The van der Waals surface area contributed by atoms with Gasteiger partial charge < -0.3 is 10.1 Å². The quantitative estimate of drug-likeness (QED) is 0.842. The van der Waals surface area contributed by atoms with Crippen molar-refractivity contribution in [3.63, 3.8) is 0 Å². The molecule has 3 unspecified atom stereocenters. The summed E-state index contributed by atoms with van der Waals surface area (Å²) >= 11 is 7.67. The van der Waals surface area contributed by atoms with Crippen LogP contribution >= 0.6 is 22.9 Å². The molecule has 2 aliphatic rings. The van der Waals surface area contributed by atoms with Crippen LogP contribution in [0, 0.1) is 5.92 Å². The van der Waals surface area contributed by atoms with Crippen molar-refractivity contribution in [3.05, 3.63) is 21.3 Å². The molecule has 2 heterocycles. The van der Waals surface area contributed by atoms with E-state index in [2.05, 4.69) is 18.3 Å². The van der Waals surface area contributed by atoms with Crippen molar-refractivity contribution in [2.24, 2.45) is 5.92 Å². The van der Waals surface area contributed by atoms with E-state index >= 15 is 0 Å². The molecule has 1 aromatic rings. The van der Waals surface area contributed by atoms with Crippen LogP contribution in [0.2, 0.25) is 4.34 Å². The van der Waals surface area contributed by atoms with Gasteiger partial charge in [0.05, 0.1) is 9.94 Å². The van der Waals surface area contributed by atoms with E-state index in [9.17, 15) is 0 Å². The average Bonchev–Trinajstić information content (AvgIpc) is 2.76. The molecular formula is C14H20ClNOS. The fourth-order valence-corrected chi connectivity index (χ4v) is 4.45. The van der Waals surface area contributed by atoms with E-state index in [-0.39, 0.29) is 11.7 Å². The second-order valence-electron chi connectivity index (χ2n) is 5.76. The van der Waals surface area contributed by atoms with Gasteiger partial charge in [0.2, 0.25) is 0 Å². The fraction of sp³-hybridized carbons (Fsp3) is 0.714. The van der Waals surface area contributed by atoms with Crippen LogP contribution in [0.1, 0.15) is 43.6 Å². The second-order valence-corrected chi connectivity index (χ2v) is 7.51. The minimum Gasteiger partial charge on any atom is -0.364 e. The third kappa shape index (κ3) is 2.60. The Morgan fingerprint density at radius 2 is 2.39 bits per heavy atom. The number of halogens is 1. The highest BCUT2D eigenvalue weighted by Gasteiger charge is 2.40. The van der Waals surface area contributed by atoms with E-state index in [0.29, 0.717) is 0 Å². The molecule has 100 valence electrons. The summed E-state index contributed by atoms with van der Waals surface area (Å²) in [5.74, 6) is 0.784. The number of hydrogen-bond donors (Lipinski definition) is 1. The van der Waals surface area contributed by atoms with Gasteiger partial charge in [0.25, 0.3) is 0 Å². The number of hydrogen-bond acceptors (Lipinski definition) is 3. The molecule has 1 saturated heterocycles. The maximum atomic E-state index is 6.47. The summed E-state index contributed by atoms with van der Waals surface area (Å²) in [5.41, 5.74) is 0.0665. The Bertz CT molecular complexity index is 418. The molecule has 1 aromatic heterocycles. The molecule has 3 atom stereocenters. The molecule has 4 heteroatoms. The van der Waals surface area contributed by atoms with Gasteiger partial charge in [-0.2, -0.15) is 0 Å². The van der Waals surface area contributed by atoms with Gasteiger partial charge in [-0.3, -0.25) is 0 Å². The average molecular weight is 286 g/mol. The van der Waals surface area contributed by atoms with Crippen molar-refractivity contribution >= 4 is 22.9 Å². The third-order valence-electron chi connectivity index (χ3n) is 4.13. The minimum absolute atomic E-state index is 0.0665. The van der Waals surface area contributed by atoms with Crippen LogP contribution in [-0.4, -0.2) is 18.7 Å². The Morgan fingerprint density at radius 3 is 3.11 bits per heavy atom. The molecule has 0 radical (unpaired) electrons. The zero-order valence-electron chi connectivity index (χ0n) is 10.7. The Kier molecular flexibility index (Phi) is 3.68.